The fraction of sp³-hybridized carbons (Fsp3) is 0.462. The van der Waals surface area contributed by atoms with E-state index in [2.05, 4.69) is 11.0 Å². The predicted molar refractivity (Wildman–Crippen MR) is 63.6 cm³/mol. The summed E-state index contributed by atoms with van der Waals surface area (Å²) >= 11 is 0. The third-order valence-corrected chi connectivity index (χ3v) is 3.84. The fourth-order valence-electron chi connectivity index (χ4n) is 3.04. The molecule has 0 saturated carbocycles. The van der Waals surface area contributed by atoms with Crippen molar-refractivity contribution in [3.8, 4) is 5.75 Å². The summed E-state index contributed by atoms with van der Waals surface area (Å²) in [5.74, 6) is 0.0203. The smallest absolute Gasteiger partial charge is 0.308 e. The molecule has 1 fully saturated rings. The van der Waals surface area contributed by atoms with Crippen LogP contribution in [-0.2, 0) is 11.2 Å². The molecule has 4 nitrogen and oxygen atoms in total. The number of hydrogen-bond acceptors (Lipinski definition) is 3. The molecule has 0 aromatic heterocycles. The number of anilines is 1. The van der Waals surface area contributed by atoms with Gasteiger partial charge in [-0.25, -0.2) is 0 Å². The normalized spacial score (nSPS) is 25.6. The summed E-state index contributed by atoms with van der Waals surface area (Å²) in [7, 11) is 1.68. The number of nitrogens with zero attached hydrogens (tertiary/aromatic N) is 1. The SMILES string of the molecule is COc1cccc2c1CC1CC(C(=O)O)CN21. The minimum absolute atomic E-state index is 0.223. The van der Waals surface area contributed by atoms with E-state index in [9.17, 15) is 4.79 Å². The highest BCUT2D eigenvalue weighted by Crippen LogP contribution is 2.43. The number of carboxylic acids is 1. The second-order valence-corrected chi connectivity index (χ2v) is 4.74. The average molecular weight is 233 g/mol. The zero-order valence-corrected chi connectivity index (χ0v) is 9.72. The second-order valence-electron chi connectivity index (χ2n) is 4.74. The summed E-state index contributed by atoms with van der Waals surface area (Å²) in [4.78, 5) is 13.2. The van der Waals surface area contributed by atoms with Crippen LogP contribution in [0, 0.1) is 5.92 Å². The Kier molecular flexibility index (Phi) is 2.24. The summed E-state index contributed by atoms with van der Waals surface area (Å²) in [5.41, 5.74) is 2.38. The molecule has 2 atom stereocenters. The van der Waals surface area contributed by atoms with Gasteiger partial charge in [0.25, 0.3) is 0 Å². The van der Waals surface area contributed by atoms with Crippen molar-refractivity contribution in [3.63, 3.8) is 0 Å². The number of methoxy groups -OCH3 is 1. The molecule has 2 heterocycles. The highest BCUT2D eigenvalue weighted by atomic mass is 16.5. The summed E-state index contributed by atoms with van der Waals surface area (Å²) in [5, 5.41) is 9.07. The lowest BCUT2D eigenvalue weighted by Crippen LogP contribution is -2.25. The molecule has 3 rings (SSSR count). The topological polar surface area (TPSA) is 49.8 Å². The molecule has 0 spiro atoms. The number of fused-ring (bicyclic) bond motifs is 3. The van der Waals surface area contributed by atoms with E-state index >= 15 is 0 Å². The molecule has 0 aliphatic carbocycles. The van der Waals surface area contributed by atoms with E-state index in [0.717, 1.165) is 24.3 Å². The van der Waals surface area contributed by atoms with Crippen molar-refractivity contribution < 1.29 is 14.6 Å². The van der Waals surface area contributed by atoms with E-state index < -0.39 is 5.97 Å². The molecule has 17 heavy (non-hydrogen) atoms. The Morgan fingerprint density at radius 1 is 1.53 bits per heavy atom. The number of carboxylic acid groups (broad SMARTS) is 1. The van der Waals surface area contributed by atoms with Gasteiger partial charge in [-0.2, -0.15) is 0 Å². The Balaban J connectivity index is 1.94. The van der Waals surface area contributed by atoms with Gasteiger partial charge in [-0.3, -0.25) is 4.79 Å². The molecule has 2 aliphatic heterocycles. The van der Waals surface area contributed by atoms with Gasteiger partial charge in [0.05, 0.1) is 13.0 Å². The summed E-state index contributed by atoms with van der Waals surface area (Å²) in [6.45, 7) is 0.625. The Labute approximate surface area is 99.8 Å². The maximum Gasteiger partial charge on any atom is 0.308 e. The van der Waals surface area contributed by atoms with Gasteiger partial charge >= 0.3 is 5.97 Å². The maximum absolute atomic E-state index is 11.0. The van der Waals surface area contributed by atoms with Crippen LogP contribution in [0.1, 0.15) is 12.0 Å². The molecule has 0 amide bonds. The number of benzene rings is 1. The van der Waals surface area contributed by atoms with Gasteiger partial charge in [-0.1, -0.05) is 6.07 Å². The van der Waals surface area contributed by atoms with Crippen molar-refractivity contribution in [2.24, 2.45) is 5.92 Å². The molecule has 4 heteroatoms. The zero-order chi connectivity index (χ0) is 12.0. The van der Waals surface area contributed by atoms with Crippen LogP contribution in [0.15, 0.2) is 18.2 Å². The van der Waals surface area contributed by atoms with Crippen LogP contribution in [0.5, 0.6) is 5.75 Å². The first-order chi connectivity index (χ1) is 8.20. The number of rotatable bonds is 2. The van der Waals surface area contributed by atoms with Gasteiger partial charge in [0.1, 0.15) is 5.75 Å². The van der Waals surface area contributed by atoms with E-state index in [-0.39, 0.29) is 5.92 Å². The number of carbonyl (C=O) groups is 1. The quantitative estimate of drug-likeness (QED) is 0.841. The van der Waals surface area contributed by atoms with Crippen LogP contribution >= 0.6 is 0 Å². The molecule has 1 aromatic carbocycles. The second kappa shape index (κ2) is 3.65. The molecule has 0 bridgehead atoms. The Morgan fingerprint density at radius 2 is 2.35 bits per heavy atom. The molecule has 0 radical (unpaired) electrons. The number of hydrogen-bond donors (Lipinski definition) is 1. The monoisotopic (exact) mass is 233 g/mol. The first-order valence-electron chi connectivity index (χ1n) is 5.86. The van der Waals surface area contributed by atoms with Gasteiger partial charge in [0, 0.05) is 23.8 Å². The lowest BCUT2D eigenvalue weighted by atomic mass is 10.0. The van der Waals surface area contributed by atoms with Crippen molar-refractivity contribution in [3.05, 3.63) is 23.8 Å². The third kappa shape index (κ3) is 1.47. The summed E-state index contributed by atoms with van der Waals surface area (Å²) < 4.78 is 5.35. The van der Waals surface area contributed by atoms with Crippen LogP contribution in [-0.4, -0.2) is 30.8 Å². The Morgan fingerprint density at radius 3 is 3.06 bits per heavy atom. The van der Waals surface area contributed by atoms with Crippen molar-refractivity contribution in [1.29, 1.82) is 0 Å². The Bertz CT molecular complexity index is 472. The fourth-order valence-corrected chi connectivity index (χ4v) is 3.04. The van der Waals surface area contributed by atoms with Crippen LogP contribution in [0.25, 0.3) is 0 Å². The minimum Gasteiger partial charge on any atom is -0.496 e. The number of ether oxygens (including phenoxy) is 1. The third-order valence-electron chi connectivity index (χ3n) is 3.84. The lowest BCUT2D eigenvalue weighted by Gasteiger charge is -2.18. The maximum atomic E-state index is 11.0. The van der Waals surface area contributed by atoms with Gasteiger partial charge in [-0.05, 0) is 25.0 Å². The largest absolute Gasteiger partial charge is 0.496 e. The first-order valence-corrected chi connectivity index (χ1v) is 5.86. The van der Waals surface area contributed by atoms with Crippen molar-refractivity contribution in [1.82, 2.24) is 0 Å². The van der Waals surface area contributed by atoms with Crippen LogP contribution in [0.4, 0.5) is 5.69 Å². The van der Waals surface area contributed by atoms with E-state index in [0.29, 0.717) is 12.6 Å². The molecule has 1 N–H and O–H groups in total. The number of aliphatic carboxylic acids is 1. The highest BCUT2D eigenvalue weighted by Gasteiger charge is 2.41. The van der Waals surface area contributed by atoms with E-state index in [1.54, 1.807) is 7.11 Å². The van der Waals surface area contributed by atoms with Crippen LogP contribution in [0.3, 0.4) is 0 Å². The molecular weight excluding hydrogens is 218 g/mol. The standard InChI is InChI=1S/C13H15NO3/c1-17-12-4-2-3-11-10(12)6-9-5-8(13(15)16)7-14(9)11/h2-4,8-9H,5-7H2,1H3,(H,15,16). The van der Waals surface area contributed by atoms with E-state index in [1.807, 2.05) is 12.1 Å². The van der Waals surface area contributed by atoms with Gasteiger partial charge in [-0.15, -0.1) is 0 Å². The van der Waals surface area contributed by atoms with E-state index in [4.69, 9.17) is 9.84 Å². The van der Waals surface area contributed by atoms with Crippen LogP contribution < -0.4 is 9.64 Å². The summed E-state index contributed by atoms with van der Waals surface area (Å²) in [6.07, 6.45) is 1.65. The zero-order valence-electron chi connectivity index (χ0n) is 9.72. The van der Waals surface area contributed by atoms with Crippen molar-refractivity contribution in [2.75, 3.05) is 18.6 Å². The van der Waals surface area contributed by atoms with Gasteiger partial charge in [0.2, 0.25) is 0 Å². The lowest BCUT2D eigenvalue weighted by molar-refractivity contribution is -0.141. The molecule has 2 aliphatic rings. The molecule has 2 unspecified atom stereocenters. The molecule has 90 valence electrons. The van der Waals surface area contributed by atoms with Gasteiger partial charge < -0.3 is 14.7 Å². The predicted octanol–water partition coefficient (Wildman–Crippen LogP) is 1.53. The van der Waals surface area contributed by atoms with E-state index in [1.165, 1.54) is 5.56 Å². The molecule has 1 aromatic rings. The Hall–Kier alpha value is -1.71. The average Bonchev–Trinajstić information content (AvgIpc) is 2.85. The minimum atomic E-state index is -0.677. The molecule has 1 saturated heterocycles. The highest BCUT2D eigenvalue weighted by molar-refractivity contribution is 5.74. The van der Waals surface area contributed by atoms with Crippen LogP contribution in [0.2, 0.25) is 0 Å². The van der Waals surface area contributed by atoms with Gasteiger partial charge in [0.15, 0.2) is 0 Å². The molecular formula is C13H15NO3. The summed E-state index contributed by atoms with van der Waals surface area (Å²) in [6, 6.07) is 6.33. The van der Waals surface area contributed by atoms with Crippen molar-refractivity contribution >= 4 is 11.7 Å². The first kappa shape index (κ1) is 10.4. The van der Waals surface area contributed by atoms with Crippen molar-refractivity contribution in [2.45, 2.75) is 18.9 Å².